The van der Waals surface area contributed by atoms with Crippen LogP contribution in [-0.4, -0.2) is 74.4 Å². The summed E-state index contributed by atoms with van der Waals surface area (Å²) in [6.45, 7) is 11.1. The average Bonchev–Trinajstić information content (AvgIpc) is 2.61. The lowest BCUT2D eigenvalue weighted by atomic mass is 9.99. The molecule has 3 unspecified atom stereocenters. The molecule has 0 aliphatic carbocycles. The second-order valence-corrected chi connectivity index (χ2v) is 6.01. The van der Waals surface area contributed by atoms with Crippen LogP contribution in [0.15, 0.2) is 0 Å². The van der Waals surface area contributed by atoms with Gasteiger partial charge in [-0.3, -0.25) is 4.90 Å². The van der Waals surface area contributed by atoms with Crippen molar-refractivity contribution in [3.8, 4) is 0 Å². The molecule has 0 aromatic carbocycles. The highest BCUT2D eigenvalue weighted by atomic mass is 16.5. The Morgan fingerprint density at radius 1 is 1.26 bits per heavy atom. The maximum Gasteiger partial charge on any atom is 0.0637 e. The van der Waals surface area contributed by atoms with Crippen LogP contribution in [0, 0.1) is 0 Å². The number of hydrogen-bond acceptors (Lipinski definition) is 4. The minimum absolute atomic E-state index is 0.560. The first-order valence-electron chi connectivity index (χ1n) is 8.01. The van der Waals surface area contributed by atoms with Crippen LogP contribution in [0.25, 0.3) is 0 Å². The number of nitrogens with zero attached hydrogens (tertiary/aromatic N) is 2. The first-order valence-corrected chi connectivity index (χ1v) is 8.01. The quantitative estimate of drug-likeness (QED) is 0.829. The van der Waals surface area contributed by atoms with Crippen LogP contribution in [0.4, 0.5) is 0 Å². The van der Waals surface area contributed by atoms with E-state index < -0.39 is 0 Å². The largest absolute Gasteiger partial charge is 0.380 e. The Balaban J connectivity index is 2.06. The van der Waals surface area contributed by atoms with E-state index in [-0.39, 0.29) is 0 Å². The molecule has 0 aromatic rings. The SMILES string of the molecule is CCNC1CCOCC1N1CCCN(C)CC1CC. The Hall–Kier alpha value is -0.160. The smallest absolute Gasteiger partial charge is 0.0637 e. The van der Waals surface area contributed by atoms with Crippen molar-refractivity contribution < 1.29 is 4.74 Å². The van der Waals surface area contributed by atoms with Gasteiger partial charge in [-0.1, -0.05) is 13.8 Å². The number of likely N-dealkylation sites (N-methyl/N-ethyl adjacent to an activating group) is 2. The van der Waals surface area contributed by atoms with Gasteiger partial charge in [-0.25, -0.2) is 0 Å². The predicted octanol–water partition coefficient (Wildman–Crippen LogP) is 1.17. The summed E-state index contributed by atoms with van der Waals surface area (Å²) in [5.74, 6) is 0. The third-order valence-electron chi connectivity index (χ3n) is 4.64. The third-order valence-corrected chi connectivity index (χ3v) is 4.64. The van der Waals surface area contributed by atoms with Gasteiger partial charge in [0.1, 0.15) is 0 Å². The van der Waals surface area contributed by atoms with E-state index in [2.05, 4.69) is 36.0 Å². The van der Waals surface area contributed by atoms with Crippen LogP contribution in [0.5, 0.6) is 0 Å². The van der Waals surface area contributed by atoms with Gasteiger partial charge < -0.3 is 15.0 Å². The minimum atomic E-state index is 0.560. The molecule has 1 N–H and O–H groups in total. The molecular formula is C15H31N3O. The fourth-order valence-electron chi connectivity index (χ4n) is 3.61. The zero-order valence-electron chi connectivity index (χ0n) is 12.9. The van der Waals surface area contributed by atoms with Crippen molar-refractivity contribution in [2.24, 2.45) is 0 Å². The summed E-state index contributed by atoms with van der Waals surface area (Å²) in [7, 11) is 2.26. The summed E-state index contributed by atoms with van der Waals surface area (Å²) in [6.07, 6.45) is 3.67. The molecule has 0 aromatic heterocycles. The van der Waals surface area contributed by atoms with Crippen LogP contribution < -0.4 is 5.32 Å². The second kappa shape index (κ2) is 7.58. The molecule has 3 atom stereocenters. The molecule has 0 radical (unpaired) electrons. The third kappa shape index (κ3) is 3.91. The molecule has 19 heavy (non-hydrogen) atoms. The van der Waals surface area contributed by atoms with Gasteiger partial charge >= 0.3 is 0 Å². The molecule has 2 aliphatic rings. The molecule has 2 aliphatic heterocycles. The predicted molar refractivity (Wildman–Crippen MR) is 79.6 cm³/mol. The number of rotatable bonds is 4. The standard InChI is InChI=1S/C15H31N3O/c1-4-13-11-17(3)8-6-9-18(13)15-12-19-10-7-14(15)16-5-2/h13-16H,4-12H2,1-3H3. The van der Waals surface area contributed by atoms with Gasteiger partial charge in [0.15, 0.2) is 0 Å². The number of ether oxygens (including phenoxy) is 1. The maximum atomic E-state index is 5.78. The molecule has 4 heteroatoms. The first-order chi connectivity index (χ1) is 9.26. The second-order valence-electron chi connectivity index (χ2n) is 6.01. The molecule has 0 amide bonds. The van der Waals surface area contributed by atoms with Crippen LogP contribution in [-0.2, 0) is 4.74 Å². The van der Waals surface area contributed by atoms with Crippen molar-refractivity contribution in [3.63, 3.8) is 0 Å². The number of nitrogens with one attached hydrogen (secondary N) is 1. The van der Waals surface area contributed by atoms with Gasteiger partial charge in [0.25, 0.3) is 0 Å². The highest BCUT2D eigenvalue weighted by Crippen LogP contribution is 2.21. The van der Waals surface area contributed by atoms with Gasteiger partial charge in [0.2, 0.25) is 0 Å². The van der Waals surface area contributed by atoms with Crippen LogP contribution >= 0.6 is 0 Å². The summed E-state index contributed by atoms with van der Waals surface area (Å²) >= 11 is 0. The van der Waals surface area contributed by atoms with E-state index in [9.17, 15) is 0 Å². The van der Waals surface area contributed by atoms with E-state index in [1.54, 1.807) is 0 Å². The highest BCUT2D eigenvalue weighted by Gasteiger charge is 2.34. The minimum Gasteiger partial charge on any atom is -0.380 e. The van der Waals surface area contributed by atoms with E-state index in [4.69, 9.17) is 4.74 Å². The summed E-state index contributed by atoms with van der Waals surface area (Å²) in [6, 6.07) is 1.85. The molecule has 0 spiro atoms. The molecule has 2 saturated heterocycles. The molecule has 4 nitrogen and oxygen atoms in total. The molecule has 2 fully saturated rings. The van der Waals surface area contributed by atoms with Gasteiger partial charge in [-0.2, -0.15) is 0 Å². The van der Waals surface area contributed by atoms with Crippen molar-refractivity contribution in [1.82, 2.24) is 15.1 Å². The van der Waals surface area contributed by atoms with Crippen molar-refractivity contribution in [3.05, 3.63) is 0 Å². The average molecular weight is 269 g/mol. The Morgan fingerprint density at radius 2 is 2.11 bits per heavy atom. The van der Waals surface area contributed by atoms with Crippen molar-refractivity contribution in [1.29, 1.82) is 0 Å². The zero-order chi connectivity index (χ0) is 13.7. The van der Waals surface area contributed by atoms with Gasteiger partial charge in [0.05, 0.1) is 6.61 Å². The summed E-state index contributed by atoms with van der Waals surface area (Å²) in [5.41, 5.74) is 0. The lowest BCUT2D eigenvalue weighted by Gasteiger charge is -2.43. The molecule has 112 valence electrons. The highest BCUT2D eigenvalue weighted by molar-refractivity contribution is 4.92. The molecule has 0 saturated carbocycles. The fourth-order valence-corrected chi connectivity index (χ4v) is 3.61. The normalized spacial score (nSPS) is 35.2. The van der Waals surface area contributed by atoms with Crippen LogP contribution in [0.3, 0.4) is 0 Å². The van der Waals surface area contributed by atoms with Crippen LogP contribution in [0.2, 0.25) is 0 Å². The lowest BCUT2D eigenvalue weighted by molar-refractivity contribution is -0.0189. The van der Waals surface area contributed by atoms with E-state index >= 15 is 0 Å². The molecule has 2 heterocycles. The van der Waals surface area contributed by atoms with Crippen molar-refractivity contribution in [2.45, 2.75) is 51.2 Å². The van der Waals surface area contributed by atoms with Crippen molar-refractivity contribution >= 4 is 0 Å². The molecule has 2 rings (SSSR count). The van der Waals surface area contributed by atoms with Gasteiger partial charge in [0, 0.05) is 37.8 Å². The topological polar surface area (TPSA) is 27.7 Å². The first kappa shape index (κ1) is 15.2. The Kier molecular flexibility index (Phi) is 6.07. The van der Waals surface area contributed by atoms with E-state index in [0.29, 0.717) is 18.1 Å². The fraction of sp³-hybridized carbons (Fsp3) is 1.00. The van der Waals surface area contributed by atoms with Crippen molar-refractivity contribution in [2.75, 3.05) is 46.4 Å². The summed E-state index contributed by atoms with van der Waals surface area (Å²) in [4.78, 5) is 5.22. The Morgan fingerprint density at radius 3 is 2.84 bits per heavy atom. The summed E-state index contributed by atoms with van der Waals surface area (Å²) < 4.78 is 5.78. The van der Waals surface area contributed by atoms with Gasteiger partial charge in [-0.15, -0.1) is 0 Å². The Labute approximate surface area is 118 Å². The Bertz CT molecular complexity index is 260. The van der Waals surface area contributed by atoms with Crippen LogP contribution in [0.1, 0.15) is 33.1 Å². The van der Waals surface area contributed by atoms with E-state index in [0.717, 1.165) is 26.2 Å². The lowest BCUT2D eigenvalue weighted by Crippen LogP contribution is -2.58. The van der Waals surface area contributed by atoms with Gasteiger partial charge in [-0.05, 0) is 39.4 Å². The number of hydrogen-bond donors (Lipinski definition) is 1. The molecule has 0 bridgehead atoms. The maximum absolute atomic E-state index is 5.78. The zero-order valence-corrected chi connectivity index (χ0v) is 12.9. The molecular weight excluding hydrogens is 238 g/mol. The summed E-state index contributed by atoms with van der Waals surface area (Å²) in [5, 5.41) is 3.67. The van der Waals surface area contributed by atoms with E-state index in [1.165, 1.54) is 32.5 Å². The monoisotopic (exact) mass is 269 g/mol. The van der Waals surface area contributed by atoms with E-state index in [1.807, 2.05) is 0 Å².